The van der Waals surface area contributed by atoms with E-state index in [1.54, 1.807) is 0 Å². The summed E-state index contributed by atoms with van der Waals surface area (Å²) in [7, 11) is 0. The Balaban J connectivity index is 1.76. The predicted molar refractivity (Wildman–Crippen MR) is 92.0 cm³/mol. The van der Waals surface area contributed by atoms with Crippen LogP contribution in [0.3, 0.4) is 0 Å². The number of nitrogens with zero attached hydrogens (tertiary/aromatic N) is 2. The summed E-state index contributed by atoms with van der Waals surface area (Å²) in [6.07, 6.45) is 2.21. The first kappa shape index (κ1) is 18.2. The van der Waals surface area contributed by atoms with Crippen molar-refractivity contribution in [3.63, 3.8) is 0 Å². The molecule has 25 heavy (non-hydrogen) atoms. The molecule has 0 aliphatic carbocycles. The largest absolute Gasteiger partial charge is 0.445 e. The summed E-state index contributed by atoms with van der Waals surface area (Å²) < 4.78 is 5.05. The topological polar surface area (TPSA) is 94.4 Å². The lowest BCUT2D eigenvalue weighted by molar-refractivity contribution is -0.385. The molecule has 1 aromatic heterocycles. The van der Waals surface area contributed by atoms with Gasteiger partial charge in [0.25, 0.3) is 0 Å². The quantitative estimate of drug-likeness (QED) is 0.382. The summed E-state index contributed by atoms with van der Waals surface area (Å²) in [5.74, 6) is 5.47. The van der Waals surface area contributed by atoms with E-state index in [1.807, 2.05) is 30.3 Å². The van der Waals surface area contributed by atoms with Gasteiger partial charge >= 0.3 is 11.8 Å². The third-order valence-electron chi connectivity index (χ3n) is 3.01. The van der Waals surface area contributed by atoms with E-state index in [-0.39, 0.29) is 29.4 Å². The molecule has 1 amide bonds. The van der Waals surface area contributed by atoms with Crippen molar-refractivity contribution in [2.45, 2.75) is 13.0 Å². The third-order valence-corrected chi connectivity index (χ3v) is 3.41. The molecule has 0 bridgehead atoms. The van der Waals surface area contributed by atoms with Gasteiger partial charge in [-0.05, 0) is 5.56 Å². The highest BCUT2D eigenvalue weighted by Crippen LogP contribution is 2.25. The van der Waals surface area contributed by atoms with Crippen LogP contribution in [0.25, 0.3) is 0 Å². The maximum atomic E-state index is 11.5. The predicted octanol–water partition coefficient (Wildman–Crippen LogP) is 3.31. The van der Waals surface area contributed by atoms with E-state index in [0.717, 1.165) is 11.8 Å². The number of ether oxygens (including phenoxy) is 1. The molecule has 0 aliphatic rings. The number of pyridine rings is 1. The van der Waals surface area contributed by atoms with Crippen LogP contribution in [0.5, 0.6) is 0 Å². The Morgan fingerprint density at radius 2 is 2.08 bits per heavy atom. The Kier molecular flexibility index (Phi) is 6.75. The zero-order valence-corrected chi connectivity index (χ0v) is 13.8. The van der Waals surface area contributed by atoms with Crippen LogP contribution in [-0.2, 0) is 11.3 Å². The number of nitrogens with one attached hydrogen (secondary N) is 1. The second-order valence-electron chi connectivity index (χ2n) is 4.82. The van der Waals surface area contributed by atoms with E-state index >= 15 is 0 Å². The fraction of sp³-hybridized carbons (Fsp3) is 0.176. The van der Waals surface area contributed by atoms with Crippen molar-refractivity contribution >= 4 is 23.4 Å². The molecule has 2 aromatic rings. The average molecular weight is 360 g/mol. The number of amides is 1. The fourth-order valence-electron chi connectivity index (χ4n) is 1.81. The maximum Gasteiger partial charge on any atom is 0.407 e. The van der Waals surface area contributed by atoms with Crippen molar-refractivity contribution in [1.82, 2.24) is 10.3 Å². The molecule has 0 spiro atoms. The van der Waals surface area contributed by atoms with E-state index in [9.17, 15) is 14.9 Å². The Labute approximate surface area is 149 Å². The average Bonchev–Trinajstić information content (AvgIpc) is 2.61. The Bertz CT molecular complexity index is 816. The van der Waals surface area contributed by atoms with Crippen LogP contribution in [0, 0.1) is 22.0 Å². The monoisotopic (exact) mass is 359 g/mol. The van der Waals surface area contributed by atoms with E-state index < -0.39 is 11.0 Å². The van der Waals surface area contributed by atoms with Gasteiger partial charge in [-0.15, -0.1) is 0 Å². The van der Waals surface area contributed by atoms with E-state index in [2.05, 4.69) is 22.1 Å². The zero-order valence-electron chi connectivity index (χ0n) is 13.1. The van der Waals surface area contributed by atoms with Gasteiger partial charge in [0, 0.05) is 19.2 Å². The Morgan fingerprint density at radius 3 is 2.80 bits per heavy atom. The van der Waals surface area contributed by atoms with Crippen molar-refractivity contribution < 1.29 is 14.5 Å². The smallest absolute Gasteiger partial charge is 0.407 e. The van der Waals surface area contributed by atoms with Crippen molar-refractivity contribution in [2.24, 2.45) is 0 Å². The first-order valence-electron chi connectivity index (χ1n) is 7.29. The lowest BCUT2D eigenvalue weighted by atomic mass is 10.2. The van der Waals surface area contributed by atoms with Crippen LogP contribution < -0.4 is 5.32 Å². The number of aromatic nitrogens is 1. The van der Waals surface area contributed by atoms with Crippen LogP contribution >= 0.6 is 11.6 Å². The minimum absolute atomic E-state index is 0.0530. The first-order chi connectivity index (χ1) is 12.1. The summed E-state index contributed by atoms with van der Waals surface area (Å²) in [4.78, 5) is 25.4. The van der Waals surface area contributed by atoms with Gasteiger partial charge in [-0.3, -0.25) is 15.1 Å². The summed E-state index contributed by atoms with van der Waals surface area (Å²) >= 11 is 5.89. The molecular weight excluding hydrogens is 346 g/mol. The van der Waals surface area contributed by atoms with Gasteiger partial charge in [0.1, 0.15) is 17.8 Å². The van der Waals surface area contributed by atoms with Gasteiger partial charge in [-0.2, -0.15) is 0 Å². The van der Waals surface area contributed by atoms with Crippen molar-refractivity contribution in [3.05, 3.63) is 69.0 Å². The second kappa shape index (κ2) is 9.25. The molecule has 7 nitrogen and oxygen atoms in total. The minimum atomic E-state index is -0.620. The van der Waals surface area contributed by atoms with E-state index in [4.69, 9.17) is 16.3 Å². The molecule has 1 N–H and O–H groups in total. The van der Waals surface area contributed by atoms with Crippen LogP contribution in [0.1, 0.15) is 17.5 Å². The molecule has 1 aromatic carbocycles. The molecule has 0 saturated heterocycles. The van der Waals surface area contributed by atoms with Crippen molar-refractivity contribution in [1.29, 1.82) is 0 Å². The molecule has 0 radical (unpaired) electrons. The van der Waals surface area contributed by atoms with Gasteiger partial charge in [0.2, 0.25) is 0 Å². The van der Waals surface area contributed by atoms with Crippen LogP contribution in [0.4, 0.5) is 10.5 Å². The molecule has 0 fully saturated rings. The fourth-order valence-corrected chi connectivity index (χ4v) is 2.02. The van der Waals surface area contributed by atoms with Gasteiger partial charge in [-0.1, -0.05) is 53.8 Å². The third kappa shape index (κ3) is 5.79. The molecule has 1 heterocycles. The molecule has 2 rings (SSSR count). The molecule has 0 saturated carbocycles. The number of hydrogen-bond acceptors (Lipinski definition) is 5. The van der Waals surface area contributed by atoms with Gasteiger partial charge in [0.05, 0.1) is 10.5 Å². The number of rotatable bonds is 5. The molecule has 0 unspecified atom stereocenters. The van der Waals surface area contributed by atoms with Crippen molar-refractivity contribution in [2.75, 3.05) is 6.54 Å². The molecule has 0 aliphatic heterocycles. The highest BCUT2D eigenvalue weighted by molar-refractivity contribution is 6.33. The number of nitro groups is 1. The molecule has 0 atom stereocenters. The number of benzene rings is 1. The van der Waals surface area contributed by atoms with E-state index in [0.29, 0.717) is 6.42 Å². The number of hydrogen-bond donors (Lipinski definition) is 1. The molecule has 8 heteroatoms. The van der Waals surface area contributed by atoms with Crippen LogP contribution in [-0.4, -0.2) is 22.5 Å². The first-order valence-corrected chi connectivity index (χ1v) is 7.67. The number of halogens is 1. The number of carbonyl (C=O) groups excluding carboxylic acids is 1. The lowest BCUT2D eigenvalue weighted by Gasteiger charge is -2.05. The normalized spacial score (nSPS) is 9.64. The number of alkyl carbamates (subject to hydrolysis) is 1. The van der Waals surface area contributed by atoms with Gasteiger partial charge in [-0.25, -0.2) is 4.79 Å². The summed E-state index contributed by atoms with van der Waals surface area (Å²) in [5, 5.41) is 13.3. The summed E-state index contributed by atoms with van der Waals surface area (Å²) in [6.45, 7) is 0.466. The van der Waals surface area contributed by atoms with Crippen LogP contribution in [0.15, 0.2) is 42.7 Å². The highest BCUT2D eigenvalue weighted by atomic mass is 35.5. The molecular formula is C17H14ClN3O4. The Hall–Kier alpha value is -3.11. The standard InChI is InChI=1S/C17H14ClN3O4/c18-16-14(10-19-11-15(16)21(23)24)8-4-5-9-20-17(22)25-12-13-6-2-1-3-7-13/h1-3,6-7,10-11H,5,9,12H2,(H,20,22). The van der Waals surface area contributed by atoms with Gasteiger partial charge < -0.3 is 10.1 Å². The lowest BCUT2D eigenvalue weighted by Crippen LogP contribution is -2.24. The van der Waals surface area contributed by atoms with Gasteiger partial charge in [0.15, 0.2) is 0 Å². The van der Waals surface area contributed by atoms with E-state index in [1.165, 1.54) is 6.20 Å². The summed E-state index contributed by atoms with van der Waals surface area (Å²) in [6, 6.07) is 9.32. The highest BCUT2D eigenvalue weighted by Gasteiger charge is 2.14. The minimum Gasteiger partial charge on any atom is -0.445 e. The zero-order chi connectivity index (χ0) is 18.1. The van der Waals surface area contributed by atoms with Crippen molar-refractivity contribution in [3.8, 4) is 11.8 Å². The SMILES string of the molecule is O=C(NCCC#Cc1cncc([N+](=O)[O-])c1Cl)OCc1ccccc1. The summed E-state index contributed by atoms with van der Waals surface area (Å²) in [5.41, 5.74) is 0.865. The maximum absolute atomic E-state index is 11.5. The Morgan fingerprint density at radius 1 is 1.32 bits per heavy atom. The van der Waals surface area contributed by atoms with Crippen LogP contribution in [0.2, 0.25) is 5.02 Å². The molecule has 128 valence electrons. The second-order valence-corrected chi connectivity index (χ2v) is 5.20. The number of carbonyl (C=O) groups is 1.